The molecule has 2 aromatic heterocycles. The smallest absolute Gasteiger partial charge is 0.251 e. The minimum Gasteiger partial charge on any atom is -0.457 e. The van der Waals surface area contributed by atoms with E-state index < -0.39 is 0 Å². The summed E-state index contributed by atoms with van der Waals surface area (Å²) in [5.74, 6) is 0.648. The van der Waals surface area contributed by atoms with Gasteiger partial charge in [0, 0.05) is 54.9 Å². The van der Waals surface area contributed by atoms with Crippen LogP contribution in [0.3, 0.4) is 0 Å². The van der Waals surface area contributed by atoms with Crippen LogP contribution in [0.1, 0.15) is 21.5 Å². The summed E-state index contributed by atoms with van der Waals surface area (Å²) in [6.45, 7) is 2.08. The van der Waals surface area contributed by atoms with Gasteiger partial charge in [0.25, 0.3) is 5.91 Å². The highest BCUT2D eigenvalue weighted by molar-refractivity contribution is 5.96. The second-order valence-corrected chi connectivity index (χ2v) is 7.29. The van der Waals surface area contributed by atoms with Crippen LogP contribution < -0.4 is 10.1 Å². The number of hydrogen-bond donors (Lipinski definition) is 1. The fourth-order valence-electron chi connectivity index (χ4n) is 3.31. The Morgan fingerprint density at radius 1 is 1.13 bits per heavy atom. The first-order valence-electron chi connectivity index (χ1n) is 9.88. The first-order valence-corrected chi connectivity index (χ1v) is 9.88. The molecule has 0 unspecified atom stereocenters. The molecule has 0 aliphatic rings. The van der Waals surface area contributed by atoms with Crippen molar-refractivity contribution in [3.05, 3.63) is 102 Å². The Kier molecular flexibility index (Phi) is 5.80. The maximum atomic E-state index is 13.3. The van der Waals surface area contributed by atoms with E-state index in [-0.39, 0.29) is 18.3 Å². The first-order chi connectivity index (χ1) is 15.0. The maximum absolute atomic E-state index is 13.3. The largest absolute Gasteiger partial charge is 0.457 e. The highest BCUT2D eigenvalue weighted by Crippen LogP contribution is 2.29. The van der Waals surface area contributed by atoms with Crippen molar-refractivity contribution in [2.45, 2.75) is 13.5 Å². The number of hydrogen-bond acceptors (Lipinski definition) is 3. The molecule has 0 aliphatic heterocycles. The first kappa shape index (κ1) is 20.3. The second kappa shape index (κ2) is 8.83. The highest BCUT2D eigenvalue weighted by atomic mass is 19.1. The molecule has 0 saturated heterocycles. The van der Waals surface area contributed by atoms with Crippen LogP contribution in [0.15, 0.2) is 79.3 Å². The Labute approximate surface area is 180 Å². The van der Waals surface area contributed by atoms with Crippen molar-refractivity contribution >= 4 is 5.91 Å². The molecule has 4 rings (SSSR count). The van der Waals surface area contributed by atoms with Crippen LogP contribution in [0.25, 0.3) is 11.3 Å². The third kappa shape index (κ3) is 4.80. The average molecular weight is 415 g/mol. The van der Waals surface area contributed by atoms with E-state index in [1.54, 1.807) is 36.5 Å². The van der Waals surface area contributed by atoms with Gasteiger partial charge < -0.3 is 14.6 Å². The Morgan fingerprint density at radius 2 is 1.97 bits per heavy atom. The molecule has 31 heavy (non-hydrogen) atoms. The third-order valence-corrected chi connectivity index (χ3v) is 4.96. The summed E-state index contributed by atoms with van der Waals surface area (Å²) in [5, 5.41) is 2.83. The summed E-state index contributed by atoms with van der Waals surface area (Å²) in [4.78, 5) is 17.1. The number of aromatic nitrogens is 2. The molecule has 156 valence electrons. The van der Waals surface area contributed by atoms with Gasteiger partial charge in [-0.1, -0.05) is 18.2 Å². The van der Waals surface area contributed by atoms with E-state index >= 15 is 0 Å². The van der Waals surface area contributed by atoms with Gasteiger partial charge in [-0.25, -0.2) is 4.39 Å². The summed E-state index contributed by atoms with van der Waals surface area (Å²) < 4.78 is 21.4. The van der Waals surface area contributed by atoms with Gasteiger partial charge in [0.15, 0.2) is 0 Å². The number of aryl methyl sites for hydroxylation is 1. The van der Waals surface area contributed by atoms with Crippen LogP contribution in [-0.2, 0) is 13.6 Å². The summed E-state index contributed by atoms with van der Waals surface area (Å²) in [6.07, 6.45) is 5.64. The summed E-state index contributed by atoms with van der Waals surface area (Å²) >= 11 is 0. The number of ether oxygens (including phenoxy) is 1. The van der Waals surface area contributed by atoms with Crippen molar-refractivity contribution in [2.24, 2.45) is 7.05 Å². The zero-order valence-electron chi connectivity index (χ0n) is 17.3. The number of pyridine rings is 1. The predicted molar refractivity (Wildman–Crippen MR) is 117 cm³/mol. The number of nitrogens with one attached hydrogen (secondary N) is 1. The molecule has 4 aromatic rings. The summed E-state index contributed by atoms with van der Waals surface area (Å²) in [7, 11) is 1.96. The number of halogens is 1. The Hall–Kier alpha value is -3.93. The minimum atomic E-state index is -0.328. The van der Waals surface area contributed by atoms with E-state index in [2.05, 4.69) is 10.3 Å². The Bertz CT molecular complexity index is 1230. The van der Waals surface area contributed by atoms with E-state index in [0.717, 1.165) is 16.8 Å². The normalized spacial score (nSPS) is 10.7. The van der Waals surface area contributed by atoms with Gasteiger partial charge in [-0.15, -0.1) is 0 Å². The van der Waals surface area contributed by atoms with Gasteiger partial charge in [-0.3, -0.25) is 9.78 Å². The van der Waals surface area contributed by atoms with Crippen molar-refractivity contribution < 1.29 is 13.9 Å². The van der Waals surface area contributed by atoms with Crippen molar-refractivity contribution in [3.8, 4) is 22.8 Å². The number of carbonyl (C=O) groups excluding carboxylic acids is 1. The van der Waals surface area contributed by atoms with Crippen LogP contribution in [0, 0.1) is 12.7 Å². The molecule has 0 fully saturated rings. The monoisotopic (exact) mass is 415 g/mol. The molecular formula is C25H22FN3O2. The van der Waals surface area contributed by atoms with E-state index in [1.807, 2.05) is 49.1 Å². The fourth-order valence-corrected chi connectivity index (χ4v) is 3.31. The molecular weight excluding hydrogens is 393 g/mol. The molecule has 0 radical (unpaired) electrons. The molecule has 1 N–H and O–H groups in total. The lowest BCUT2D eigenvalue weighted by molar-refractivity contribution is 0.0950. The van der Waals surface area contributed by atoms with Crippen LogP contribution in [-0.4, -0.2) is 15.5 Å². The second-order valence-electron chi connectivity index (χ2n) is 7.29. The van der Waals surface area contributed by atoms with Crippen LogP contribution in [0.5, 0.6) is 11.5 Å². The van der Waals surface area contributed by atoms with Crippen molar-refractivity contribution in [1.29, 1.82) is 0 Å². The van der Waals surface area contributed by atoms with E-state index in [9.17, 15) is 9.18 Å². The maximum Gasteiger partial charge on any atom is 0.251 e. The van der Waals surface area contributed by atoms with Gasteiger partial charge in [-0.2, -0.15) is 0 Å². The molecule has 1 amide bonds. The summed E-state index contributed by atoms with van der Waals surface area (Å²) in [6, 6.07) is 17.1. The number of amides is 1. The zero-order valence-corrected chi connectivity index (χ0v) is 17.3. The number of carbonyl (C=O) groups is 1. The molecule has 0 saturated carbocycles. The Balaban J connectivity index is 1.50. The minimum absolute atomic E-state index is 0.242. The molecule has 0 spiro atoms. The number of nitrogens with zero attached hydrogens (tertiary/aromatic N) is 2. The van der Waals surface area contributed by atoms with Gasteiger partial charge in [-0.05, 0) is 48.9 Å². The van der Waals surface area contributed by atoms with E-state index in [4.69, 9.17) is 4.74 Å². The molecule has 0 aliphatic carbocycles. The van der Waals surface area contributed by atoms with Gasteiger partial charge >= 0.3 is 0 Å². The van der Waals surface area contributed by atoms with Crippen LogP contribution in [0.4, 0.5) is 4.39 Å². The van der Waals surface area contributed by atoms with E-state index in [0.29, 0.717) is 22.6 Å². The van der Waals surface area contributed by atoms with Crippen molar-refractivity contribution in [3.63, 3.8) is 0 Å². The van der Waals surface area contributed by atoms with Gasteiger partial charge in [0.1, 0.15) is 17.3 Å². The quantitative estimate of drug-likeness (QED) is 0.468. The zero-order chi connectivity index (χ0) is 21.8. The predicted octanol–water partition coefficient (Wildman–Crippen LogP) is 5.26. The molecule has 2 aromatic carbocycles. The molecule has 5 nitrogen and oxygen atoms in total. The fraction of sp³-hybridized carbons (Fsp3) is 0.120. The lowest BCUT2D eigenvalue weighted by Crippen LogP contribution is -2.23. The number of benzene rings is 2. The summed E-state index contributed by atoms with van der Waals surface area (Å²) in [5.41, 5.74) is 3.72. The highest BCUT2D eigenvalue weighted by Gasteiger charge is 2.13. The molecule has 2 heterocycles. The van der Waals surface area contributed by atoms with Crippen LogP contribution >= 0.6 is 0 Å². The lowest BCUT2D eigenvalue weighted by Gasteiger charge is -2.13. The molecule has 0 bridgehead atoms. The number of rotatable bonds is 6. The molecule has 0 atom stereocenters. The topological polar surface area (TPSA) is 56.2 Å². The standard InChI is InChI=1S/C25H22FN3O2/c1-17-22(25(30)28-15-18-5-3-6-20(26)13-18)7-4-8-24(17)31-21-9-11-27-23(14-21)19-10-12-29(2)16-19/h3-14,16H,15H2,1-2H3,(H,28,30). The average Bonchev–Trinajstić information content (AvgIpc) is 3.20. The van der Waals surface area contributed by atoms with Crippen molar-refractivity contribution in [2.75, 3.05) is 0 Å². The lowest BCUT2D eigenvalue weighted by atomic mass is 10.1. The van der Waals surface area contributed by atoms with E-state index in [1.165, 1.54) is 12.1 Å². The van der Waals surface area contributed by atoms with Crippen molar-refractivity contribution in [1.82, 2.24) is 14.9 Å². The van der Waals surface area contributed by atoms with Crippen LogP contribution in [0.2, 0.25) is 0 Å². The Morgan fingerprint density at radius 3 is 2.74 bits per heavy atom. The SMILES string of the molecule is Cc1c(Oc2ccnc(-c3ccn(C)c3)c2)cccc1C(=O)NCc1cccc(F)c1. The molecule has 6 heteroatoms. The van der Waals surface area contributed by atoms with Gasteiger partial charge in [0.05, 0.1) is 5.69 Å². The van der Waals surface area contributed by atoms with Gasteiger partial charge in [0.2, 0.25) is 0 Å². The third-order valence-electron chi connectivity index (χ3n) is 4.96.